The number of anilines is 1. The minimum Gasteiger partial charge on any atom is -0.298 e. The summed E-state index contributed by atoms with van der Waals surface area (Å²) in [4.78, 5) is 16.3. The van der Waals surface area contributed by atoms with Crippen LogP contribution in [0.3, 0.4) is 0 Å². The van der Waals surface area contributed by atoms with Gasteiger partial charge >= 0.3 is 0 Å². The molecule has 1 aromatic heterocycles. The third-order valence-electron chi connectivity index (χ3n) is 3.36. The summed E-state index contributed by atoms with van der Waals surface area (Å²) < 4.78 is 13.1. The number of nitrogens with one attached hydrogen (secondary N) is 1. The number of hydrogen-bond donors (Lipinski definition) is 1. The third kappa shape index (κ3) is 4.14. The topological polar surface area (TPSA) is 42.0 Å². The minimum absolute atomic E-state index is 0.302. The second-order valence-electron chi connectivity index (χ2n) is 5.28. The Balaban J connectivity index is 1.66. The Morgan fingerprint density at radius 2 is 2.00 bits per heavy atom. The van der Waals surface area contributed by atoms with Crippen LogP contribution in [0.25, 0.3) is 17.3 Å². The Morgan fingerprint density at radius 3 is 2.75 bits per heavy atom. The number of hydrogen-bond acceptors (Lipinski definition) is 3. The molecule has 3 nitrogen and oxygen atoms in total. The van der Waals surface area contributed by atoms with Gasteiger partial charge in [-0.2, -0.15) is 0 Å². The highest BCUT2D eigenvalue weighted by atomic mass is 32.1. The highest BCUT2D eigenvalue weighted by Crippen LogP contribution is 2.25. The van der Waals surface area contributed by atoms with E-state index in [1.54, 1.807) is 18.2 Å². The van der Waals surface area contributed by atoms with Crippen LogP contribution in [0.1, 0.15) is 11.1 Å². The molecule has 0 atom stereocenters. The summed E-state index contributed by atoms with van der Waals surface area (Å²) in [5.74, 6) is -0.635. The van der Waals surface area contributed by atoms with Crippen LogP contribution in [0.4, 0.5) is 9.52 Å². The van der Waals surface area contributed by atoms with E-state index in [1.807, 2.05) is 36.6 Å². The van der Waals surface area contributed by atoms with Crippen LogP contribution in [-0.4, -0.2) is 10.9 Å². The lowest BCUT2D eigenvalue weighted by atomic mass is 10.1. The van der Waals surface area contributed by atoms with Gasteiger partial charge in [0.1, 0.15) is 5.82 Å². The Morgan fingerprint density at radius 1 is 1.21 bits per heavy atom. The van der Waals surface area contributed by atoms with E-state index in [4.69, 9.17) is 0 Å². The van der Waals surface area contributed by atoms with Gasteiger partial charge in [0.15, 0.2) is 5.13 Å². The molecule has 120 valence electrons. The van der Waals surface area contributed by atoms with Crippen molar-refractivity contribution in [3.05, 3.63) is 76.9 Å². The van der Waals surface area contributed by atoms with Gasteiger partial charge < -0.3 is 0 Å². The molecule has 0 saturated carbocycles. The molecule has 24 heavy (non-hydrogen) atoms. The van der Waals surface area contributed by atoms with Crippen LogP contribution in [0.5, 0.6) is 0 Å². The van der Waals surface area contributed by atoms with Gasteiger partial charge in [0.25, 0.3) is 0 Å². The van der Waals surface area contributed by atoms with E-state index in [-0.39, 0.29) is 11.7 Å². The molecular formula is C19H15FN2OS. The van der Waals surface area contributed by atoms with Gasteiger partial charge in [-0.15, -0.1) is 11.3 Å². The predicted molar refractivity (Wildman–Crippen MR) is 96.4 cm³/mol. The smallest absolute Gasteiger partial charge is 0.250 e. The zero-order valence-electron chi connectivity index (χ0n) is 13.0. The van der Waals surface area contributed by atoms with Crippen molar-refractivity contribution in [2.24, 2.45) is 0 Å². The van der Waals surface area contributed by atoms with Gasteiger partial charge in [0.2, 0.25) is 5.91 Å². The van der Waals surface area contributed by atoms with Crippen LogP contribution in [0, 0.1) is 12.7 Å². The predicted octanol–water partition coefficient (Wildman–Crippen LogP) is 4.91. The summed E-state index contributed by atoms with van der Waals surface area (Å²) >= 11 is 1.36. The Labute approximate surface area is 143 Å². The second kappa shape index (κ2) is 7.19. The van der Waals surface area contributed by atoms with Crippen molar-refractivity contribution in [1.82, 2.24) is 4.98 Å². The highest BCUT2D eigenvalue weighted by molar-refractivity contribution is 7.14. The van der Waals surface area contributed by atoms with Crippen molar-refractivity contribution in [3.8, 4) is 11.3 Å². The molecule has 1 heterocycles. The number of amides is 1. The lowest BCUT2D eigenvalue weighted by Gasteiger charge is -1.98. The van der Waals surface area contributed by atoms with E-state index in [0.717, 1.165) is 11.3 Å². The first-order chi connectivity index (χ1) is 11.6. The maximum Gasteiger partial charge on any atom is 0.250 e. The quantitative estimate of drug-likeness (QED) is 0.687. The molecule has 0 radical (unpaired) electrons. The van der Waals surface area contributed by atoms with Crippen molar-refractivity contribution in [2.75, 3.05) is 5.32 Å². The van der Waals surface area contributed by atoms with Gasteiger partial charge in [0.05, 0.1) is 5.69 Å². The van der Waals surface area contributed by atoms with Crippen LogP contribution in [0.2, 0.25) is 0 Å². The average molecular weight is 338 g/mol. The highest BCUT2D eigenvalue weighted by Gasteiger charge is 2.06. The summed E-state index contributed by atoms with van der Waals surface area (Å²) in [7, 11) is 0. The third-order valence-corrected chi connectivity index (χ3v) is 4.12. The van der Waals surface area contributed by atoms with Gasteiger partial charge in [-0.1, -0.05) is 42.0 Å². The summed E-state index contributed by atoms with van der Waals surface area (Å²) in [6, 6.07) is 14.1. The van der Waals surface area contributed by atoms with Crippen molar-refractivity contribution in [2.45, 2.75) is 6.92 Å². The summed E-state index contributed by atoms with van der Waals surface area (Å²) in [6.07, 6.45) is 2.93. The number of halogens is 1. The number of nitrogens with zero attached hydrogens (tertiary/aromatic N) is 1. The Hall–Kier alpha value is -2.79. The van der Waals surface area contributed by atoms with Gasteiger partial charge in [-0.25, -0.2) is 9.37 Å². The molecule has 3 rings (SSSR count). The lowest BCUT2D eigenvalue weighted by Crippen LogP contribution is -2.07. The van der Waals surface area contributed by atoms with Gasteiger partial charge in [-0.05, 0) is 30.7 Å². The van der Waals surface area contributed by atoms with E-state index in [1.165, 1.54) is 35.1 Å². The first-order valence-electron chi connectivity index (χ1n) is 7.37. The van der Waals surface area contributed by atoms with Gasteiger partial charge in [0, 0.05) is 17.0 Å². The van der Waals surface area contributed by atoms with Crippen LogP contribution in [0.15, 0.2) is 60.0 Å². The molecule has 2 aromatic carbocycles. The van der Waals surface area contributed by atoms with Crippen molar-refractivity contribution in [1.29, 1.82) is 0 Å². The molecule has 5 heteroatoms. The zero-order valence-corrected chi connectivity index (χ0v) is 13.8. The van der Waals surface area contributed by atoms with E-state index >= 15 is 0 Å². The Kier molecular flexibility index (Phi) is 4.82. The van der Waals surface area contributed by atoms with Crippen molar-refractivity contribution in [3.63, 3.8) is 0 Å². The summed E-state index contributed by atoms with van der Waals surface area (Å²) in [5.41, 5.74) is 3.65. The number of aromatic nitrogens is 1. The van der Waals surface area contributed by atoms with Crippen molar-refractivity contribution < 1.29 is 9.18 Å². The van der Waals surface area contributed by atoms with E-state index in [0.29, 0.717) is 10.7 Å². The second-order valence-corrected chi connectivity index (χ2v) is 6.14. The molecule has 0 fully saturated rings. The van der Waals surface area contributed by atoms with Crippen LogP contribution >= 0.6 is 11.3 Å². The standard InChI is InChI=1S/C19H15FN2OS/c1-13-5-8-15(9-6-13)17-12-24-19(21-17)22-18(23)10-7-14-3-2-4-16(20)11-14/h2-12H,1H3,(H,21,22,23)/b10-7+. The first-order valence-corrected chi connectivity index (χ1v) is 8.25. The molecule has 1 amide bonds. The maximum atomic E-state index is 13.1. The first kappa shape index (κ1) is 16.1. The lowest BCUT2D eigenvalue weighted by molar-refractivity contribution is -0.111. The van der Waals surface area contributed by atoms with E-state index < -0.39 is 0 Å². The number of thiazole rings is 1. The number of benzene rings is 2. The number of aryl methyl sites for hydroxylation is 1. The number of carbonyl (C=O) groups is 1. The molecule has 0 aliphatic carbocycles. The fourth-order valence-corrected chi connectivity index (χ4v) is 2.84. The molecular weight excluding hydrogens is 323 g/mol. The van der Waals surface area contributed by atoms with E-state index in [9.17, 15) is 9.18 Å². The maximum absolute atomic E-state index is 13.1. The van der Waals surface area contributed by atoms with Crippen molar-refractivity contribution >= 4 is 28.5 Å². The summed E-state index contributed by atoms with van der Waals surface area (Å²) in [5, 5.41) is 5.14. The van der Waals surface area contributed by atoms with Crippen LogP contribution < -0.4 is 5.32 Å². The van der Waals surface area contributed by atoms with Crippen LogP contribution in [-0.2, 0) is 4.79 Å². The Bertz CT molecular complexity index is 884. The molecule has 0 aliphatic rings. The molecule has 0 spiro atoms. The summed E-state index contributed by atoms with van der Waals surface area (Å²) in [6.45, 7) is 2.03. The van der Waals surface area contributed by atoms with Gasteiger partial charge in [-0.3, -0.25) is 10.1 Å². The molecule has 3 aromatic rings. The molecule has 0 unspecified atom stereocenters. The number of rotatable bonds is 4. The molecule has 0 bridgehead atoms. The zero-order chi connectivity index (χ0) is 16.9. The minimum atomic E-state index is -0.333. The molecule has 0 aliphatic heterocycles. The normalized spacial score (nSPS) is 10.9. The fourth-order valence-electron chi connectivity index (χ4n) is 2.12. The molecule has 1 N–H and O–H groups in total. The average Bonchev–Trinajstić information content (AvgIpc) is 3.02. The largest absolute Gasteiger partial charge is 0.298 e. The number of carbonyl (C=O) groups excluding carboxylic acids is 1. The monoisotopic (exact) mass is 338 g/mol. The molecule has 0 saturated heterocycles. The van der Waals surface area contributed by atoms with E-state index in [2.05, 4.69) is 10.3 Å². The SMILES string of the molecule is Cc1ccc(-c2csc(NC(=O)/C=C/c3cccc(F)c3)n2)cc1. The fraction of sp³-hybridized carbons (Fsp3) is 0.0526.